The van der Waals surface area contributed by atoms with Crippen LogP contribution in [0.4, 0.5) is 3.89 Å². The fourth-order valence-corrected chi connectivity index (χ4v) is 0. The second-order valence-corrected chi connectivity index (χ2v) is 2.42. The standard InChI is InChI=1S/CHCl2FS/c2-1(3)5-4/h5H. The van der Waals surface area contributed by atoms with E-state index in [9.17, 15) is 3.89 Å². The van der Waals surface area contributed by atoms with Crippen molar-refractivity contribution in [3.05, 3.63) is 0 Å². The van der Waals surface area contributed by atoms with Crippen molar-refractivity contribution in [2.24, 2.45) is 0 Å². The summed E-state index contributed by atoms with van der Waals surface area (Å²) in [6, 6.07) is 0. The first kappa shape index (κ1) is 5.73. The number of thiol groups is 1. The van der Waals surface area contributed by atoms with Gasteiger partial charge in [0.1, 0.15) is 0 Å². The van der Waals surface area contributed by atoms with Gasteiger partial charge >= 0.3 is 0 Å². The maximum absolute atomic E-state index is 10.8. The molecule has 0 amide bonds. The third-order valence-corrected chi connectivity index (χ3v) is 0.575. The highest BCUT2D eigenvalue weighted by Crippen LogP contribution is 1.99. The van der Waals surface area contributed by atoms with E-state index < -0.39 is 11.7 Å². The number of hydrogen-bond acceptors (Lipinski definition) is 0. The summed E-state index contributed by atoms with van der Waals surface area (Å²) >= 11 is 8.96. The first-order chi connectivity index (χ1) is 2.27. The SMILES string of the molecule is F[SH]=C(Cl)Cl. The van der Waals surface area contributed by atoms with Crippen molar-refractivity contribution >= 4 is 38.7 Å². The number of halogens is 3. The molecule has 0 heterocycles. The lowest BCUT2D eigenvalue weighted by atomic mass is 11.9. The Morgan fingerprint density at radius 2 is 1.80 bits per heavy atom. The van der Waals surface area contributed by atoms with Crippen LogP contribution < -0.4 is 0 Å². The molecule has 0 bridgehead atoms. The van der Waals surface area contributed by atoms with Gasteiger partial charge in [0.15, 0.2) is 3.78 Å². The van der Waals surface area contributed by atoms with Crippen LogP contribution in [0.2, 0.25) is 0 Å². The van der Waals surface area contributed by atoms with Gasteiger partial charge in [-0.3, -0.25) is 0 Å². The molecule has 0 rings (SSSR count). The third-order valence-electron chi connectivity index (χ3n) is 0.0639. The van der Waals surface area contributed by atoms with Crippen molar-refractivity contribution in [3.8, 4) is 0 Å². The lowest BCUT2D eigenvalue weighted by Gasteiger charge is -1.63. The molecule has 0 saturated heterocycles. The van der Waals surface area contributed by atoms with Gasteiger partial charge in [-0.25, -0.2) is 0 Å². The molecule has 4 heteroatoms. The van der Waals surface area contributed by atoms with Crippen LogP contribution in [0.3, 0.4) is 0 Å². The minimum atomic E-state index is -0.556. The van der Waals surface area contributed by atoms with E-state index in [1.165, 1.54) is 0 Å². The second-order valence-electron chi connectivity index (χ2n) is 0.325. The Morgan fingerprint density at radius 1 is 1.60 bits per heavy atom. The van der Waals surface area contributed by atoms with Gasteiger partial charge in [0.2, 0.25) is 0 Å². The van der Waals surface area contributed by atoms with E-state index in [1.807, 2.05) is 0 Å². The molecule has 0 nitrogen and oxygen atoms in total. The van der Waals surface area contributed by atoms with Crippen LogP contribution in [-0.4, -0.2) is 3.78 Å². The summed E-state index contributed by atoms with van der Waals surface area (Å²) in [4.78, 5) is 0. The Morgan fingerprint density at radius 3 is 1.80 bits per heavy atom. The molecule has 0 aromatic heterocycles. The van der Waals surface area contributed by atoms with E-state index >= 15 is 0 Å². The van der Waals surface area contributed by atoms with Crippen LogP contribution in [0, 0.1) is 0 Å². The molecule has 32 valence electrons. The van der Waals surface area contributed by atoms with Crippen LogP contribution in [0.15, 0.2) is 0 Å². The Labute approximate surface area is 43.1 Å². The molecule has 5 heavy (non-hydrogen) atoms. The van der Waals surface area contributed by atoms with Crippen molar-refractivity contribution < 1.29 is 3.89 Å². The summed E-state index contributed by atoms with van der Waals surface area (Å²) in [7, 11) is 0. The van der Waals surface area contributed by atoms with Crippen molar-refractivity contribution in [2.45, 2.75) is 0 Å². The molecule has 0 fully saturated rings. The van der Waals surface area contributed by atoms with Gasteiger partial charge in [0.25, 0.3) is 0 Å². The predicted octanol–water partition coefficient (Wildman–Crippen LogP) is 1.90. The van der Waals surface area contributed by atoms with Gasteiger partial charge in [0, 0.05) is 11.7 Å². The van der Waals surface area contributed by atoms with Crippen LogP contribution in [-0.2, 0) is 0 Å². The van der Waals surface area contributed by atoms with Gasteiger partial charge in [-0.15, -0.1) is 0 Å². The summed E-state index contributed by atoms with van der Waals surface area (Å²) < 4.78 is 10.5. The fourth-order valence-electron chi connectivity index (χ4n) is 0. The van der Waals surface area contributed by atoms with Crippen molar-refractivity contribution in [1.29, 1.82) is 0 Å². The molecular weight excluding hydrogens is 134 g/mol. The second kappa shape index (κ2) is 2.94. The summed E-state index contributed by atoms with van der Waals surface area (Å²) in [6.45, 7) is 0. The highest BCUT2D eigenvalue weighted by molar-refractivity contribution is 7.98. The normalized spacial score (nSPS) is 7.80. The van der Waals surface area contributed by atoms with Gasteiger partial charge in [-0.2, -0.15) is 3.89 Å². The van der Waals surface area contributed by atoms with E-state index in [0.29, 0.717) is 0 Å². The highest BCUT2D eigenvalue weighted by atomic mass is 35.5. The van der Waals surface area contributed by atoms with Crippen molar-refractivity contribution in [3.63, 3.8) is 0 Å². The van der Waals surface area contributed by atoms with Gasteiger partial charge < -0.3 is 0 Å². The predicted molar refractivity (Wildman–Crippen MR) is 26.8 cm³/mol. The summed E-state index contributed by atoms with van der Waals surface area (Å²) in [5, 5.41) is 0. The minimum absolute atomic E-state index is 0.245. The maximum atomic E-state index is 10.8. The Bertz CT molecular complexity index is 47.6. The van der Waals surface area contributed by atoms with Crippen LogP contribution >= 0.6 is 34.9 Å². The molecule has 0 atom stereocenters. The zero-order valence-electron chi connectivity index (χ0n) is 2.08. The van der Waals surface area contributed by atoms with Crippen LogP contribution in [0.5, 0.6) is 0 Å². The monoisotopic (exact) mass is 134 g/mol. The van der Waals surface area contributed by atoms with E-state index in [-0.39, 0.29) is 3.78 Å². The molecule has 0 aromatic rings. The molecule has 0 unspecified atom stereocenters. The molecule has 0 aliphatic carbocycles. The Balaban J connectivity index is 3.14. The topological polar surface area (TPSA) is 0 Å². The van der Waals surface area contributed by atoms with Gasteiger partial charge in [0.05, 0.1) is 0 Å². The molecule has 0 aromatic carbocycles. The lowest BCUT2D eigenvalue weighted by Crippen LogP contribution is -1.50. The summed E-state index contributed by atoms with van der Waals surface area (Å²) in [5.74, 6) is 0. The third kappa shape index (κ3) is 4.73. The molecule has 0 radical (unpaired) electrons. The maximum Gasteiger partial charge on any atom is 0.156 e. The molecule has 0 aliphatic heterocycles. The number of hydrogen-bond donors (Lipinski definition) is 1. The molecular formula is CHCl2FS. The molecule has 0 saturated carbocycles. The average molecular weight is 135 g/mol. The first-order valence-corrected chi connectivity index (χ1v) is 2.31. The van der Waals surface area contributed by atoms with E-state index in [2.05, 4.69) is 0 Å². The smallest absolute Gasteiger partial charge is 0.156 e. The fraction of sp³-hybridized carbons (Fsp3) is 0. The zero-order valence-corrected chi connectivity index (χ0v) is 4.49. The molecule has 0 N–H and O–H groups in total. The quantitative estimate of drug-likeness (QED) is 0.292. The largest absolute Gasteiger partial charge is 0.175 e. The minimum Gasteiger partial charge on any atom is -0.175 e. The van der Waals surface area contributed by atoms with Crippen molar-refractivity contribution in [1.82, 2.24) is 0 Å². The zero-order chi connectivity index (χ0) is 4.28. The Kier molecular flexibility index (Phi) is 3.37. The van der Waals surface area contributed by atoms with Crippen molar-refractivity contribution in [2.75, 3.05) is 0 Å². The van der Waals surface area contributed by atoms with E-state index in [4.69, 9.17) is 23.2 Å². The Hall–Kier alpha value is 0.730. The molecule has 0 aliphatic rings. The highest BCUT2D eigenvalue weighted by Gasteiger charge is 1.71. The summed E-state index contributed by atoms with van der Waals surface area (Å²) in [5.41, 5.74) is 0. The van der Waals surface area contributed by atoms with E-state index in [0.717, 1.165) is 0 Å². The van der Waals surface area contributed by atoms with Gasteiger partial charge in [-0.1, -0.05) is 23.2 Å². The van der Waals surface area contributed by atoms with Crippen LogP contribution in [0.25, 0.3) is 0 Å². The number of rotatable bonds is 0. The molecule has 0 spiro atoms. The lowest BCUT2D eigenvalue weighted by molar-refractivity contribution is 0.954. The summed E-state index contributed by atoms with van der Waals surface area (Å²) in [6.07, 6.45) is 0. The van der Waals surface area contributed by atoms with E-state index in [1.54, 1.807) is 0 Å². The van der Waals surface area contributed by atoms with Gasteiger partial charge in [-0.05, 0) is 0 Å². The average Bonchev–Trinajstić information content (AvgIpc) is 1.38. The first-order valence-electron chi connectivity index (χ1n) is 0.771. The van der Waals surface area contributed by atoms with Crippen LogP contribution in [0.1, 0.15) is 0 Å².